The quantitative estimate of drug-likeness (QED) is 0.308. The van der Waals surface area contributed by atoms with Gasteiger partial charge in [-0.3, -0.25) is 4.79 Å². The number of ether oxygens (including phenoxy) is 2. The summed E-state index contributed by atoms with van der Waals surface area (Å²) in [6.07, 6.45) is 3.98. The van der Waals surface area contributed by atoms with E-state index in [0.717, 1.165) is 36.2 Å². The van der Waals surface area contributed by atoms with Gasteiger partial charge in [-0.2, -0.15) is 5.10 Å². The molecule has 0 spiro atoms. The van der Waals surface area contributed by atoms with Gasteiger partial charge in [-0.05, 0) is 56.7 Å². The van der Waals surface area contributed by atoms with Crippen LogP contribution in [-0.2, 0) is 32.0 Å². The summed E-state index contributed by atoms with van der Waals surface area (Å²) in [5.41, 5.74) is 2.90. The van der Waals surface area contributed by atoms with Gasteiger partial charge in [0.2, 0.25) is 0 Å². The molecule has 8 heteroatoms. The van der Waals surface area contributed by atoms with Crippen LogP contribution in [0.25, 0.3) is 0 Å². The fraction of sp³-hybridized carbons (Fsp3) is 0.452. The number of nitrogens with zero attached hydrogens (tertiary/aromatic N) is 2. The Bertz CT molecular complexity index is 1260. The average molecular weight is 533 g/mol. The van der Waals surface area contributed by atoms with Crippen molar-refractivity contribution in [1.82, 2.24) is 15.1 Å². The van der Waals surface area contributed by atoms with Gasteiger partial charge in [0.25, 0.3) is 5.91 Å². The van der Waals surface area contributed by atoms with E-state index < -0.39 is 5.54 Å². The standard InChI is InChI=1S/C31H40N4O4/c1-6-31(7-2,24-16-14-22(15-17-24)20-38-21-27(36)39-8-3)34-29(37)25-19-32-35-28(25)33-26(18-30(35,4)5)23-12-10-9-11-13-23/h9-17,19,26,33H,6-8,18,20-21H2,1-5H3,(H,34,37). The first kappa shape index (κ1) is 28.4. The van der Waals surface area contributed by atoms with Crippen molar-refractivity contribution in [3.05, 3.63) is 83.0 Å². The molecule has 0 radical (unpaired) electrons. The van der Waals surface area contributed by atoms with Crippen LogP contribution in [0.3, 0.4) is 0 Å². The third-order valence-electron chi connectivity index (χ3n) is 7.66. The molecule has 8 nitrogen and oxygen atoms in total. The molecule has 2 aromatic carbocycles. The van der Waals surface area contributed by atoms with Crippen LogP contribution in [0.1, 0.15) is 87.0 Å². The van der Waals surface area contributed by atoms with Crippen LogP contribution in [0.15, 0.2) is 60.8 Å². The molecule has 1 atom stereocenters. The largest absolute Gasteiger partial charge is 0.464 e. The minimum Gasteiger partial charge on any atom is -0.464 e. The van der Waals surface area contributed by atoms with Crippen molar-refractivity contribution >= 4 is 17.7 Å². The molecular formula is C31H40N4O4. The predicted molar refractivity (Wildman–Crippen MR) is 151 cm³/mol. The first-order chi connectivity index (χ1) is 18.7. The Morgan fingerprint density at radius 3 is 2.41 bits per heavy atom. The van der Waals surface area contributed by atoms with Crippen molar-refractivity contribution in [2.75, 3.05) is 18.5 Å². The van der Waals surface area contributed by atoms with Crippen LogP contribution in [0, 0.1) is 0 Å². The number of anilines is 1. The molecule has 0 bridgehead atoms. The molecule has 1 amide bonds. The summed E-state index contributed by atoms with van der Waals surface area (Å²) in [5.74, 6) is 0.217. The maximum atomic E-state index is 13.8. The molecule has 1 aromatic heterocycles. The predicted octanol–water partition coefficient (Wildman–Crippen LogP) is 5.70. The summed E-state index contributed by atoms with van der Waals surface area (Å²) in [6.45, 7) is 10.8. The smallest absolute Gasteiger partial charge is 0.332 e. The highest BCUT2D eigenvalue weighted by Crippen LogP contribution is 2.40. The highest BCUT2D eigenvalue weighted by molar-refractivity contribution is 5.99. The highest BCUT2D eigenvalue weighted by atomic mass is 16.6. The Kier molecular flexibility index (Phi) is 8.75. The molecule has 208 valence electrons. The van der Waals surface area contributed by atoms with Crippen LogP contribution in [0.2, 0.25) is 0 Å². The summed E-state index contributed by atoms with van der Waals surface area (Å²) in [6, 6.07) is 18.4. The van der Waals surface area contributed by atoms with Crippen molar-refractivity contribution in [2.24, 2.45) is 0 Å². The van der Waals surface area contributed by atoms with Gasteiger partial charge in [0.15, 0.2) is 0 Å². The number of nitrogens with one attached hydrogen (secondary N) is 2. The number of fused-ring (bicyclic) bond motifs is 1. The van der Waals surface area contributed by atoms with E-state index in [9.17, 15) is 9.59 Å². The normalized spacial score (nSPS) is 16.2. The number of rotatable bonds is 11. The monoisotopic (exact) mass is 532 g/mol. The van der Waals surface area contributed by atoms with Gasteiger partial charge in [-0.25, -0.2) is 9.48 Å². The Balaban J connectivity index is 1.52. The van der Waals surface area contributed by atoms with Crippen LogP contribution in [0.5, 0.6) is 0 Å². The van der Waals surface area contributed by atoms with Gasteiger partial charge >= 0.3 is 5.97 Å². The van der Waals surface area contributed by atoms with E-state index in [-0.39, 0.29) is 30.1 Å². The number of amides is 1. The van der Waals surface area contributed by atoms with Gasteiger partial charge in [0.1, 0.15) is 18.0 Å². The van der Waals surface area contributed by atoms with Gasteiger partial charge in [-0.1, -0.05) is 68.4 Å². The zero-order chi connectivity index (χ0) is 28.0. The van der Waals surface area contributed by atoms with Crippen LogP contribution < -0.4 is 10.6 Å². The molecular weight excluding hydrogens is 492 g/mol. The lowest BCUT2D eigenvalue weighted by molar-refractivity contribution is -0.148. The first-order valence-corrected chi connectivity index (χ1v) is 13.8. The lowest BCUT2D eigenvalue weighted by atomic mass is 9.84. The molecule has 39 heavy (non-hydrogen) atoms. The number of hydrogen-bond acceptors (Lipinski definition) is 6. The molecule has 2 heterocycles. The van der Waals surface area contributed by atoms with Gasteiger partial charge in [0.05, 0.1) is 36.5 Å². The molecule has 0 fully saturated rings. The molecule has 1 unspecified atom stereocenters. The minimum absolute atomic E-state index is 0.0779. The van der Waals surface area contributed by atoms with Crippen LogP contribution in [0.4, 0.5) is 5.82 Å². The number of benzene rings is 2. The maximum absolute atomic E-state index is 13.8. The second-order valence-corrected chi connectivity index (χ2v) is 10.7. The van der Waals surface area contributed by atoms with Gasteiger partial charge in [0, 0.05) is 0 Å². The fourth-order valence-electron chi connectivity index (χ4n) is 5.37. The molecule has 3 aromatic rings. The molecule has 1 aliphatic rings. The summed E-state index contributed by atoms with van der Waals surface area (Å²) >= 11 is 0. The lowest BCUT2D eigenvalue weighted by Crippen LogP contribution is -2.45. The second kappa shape index (κ2) is 12.0. The fourth-order valence-corrected chi connectivity index (χ4v) is 5.37. The van der Waals surface area contributed by atoms with Crippen molar-refractivity contribution in [3.8, 4) is 0 Å². The number of carbonyl (C=O) groups excluding carboxylic acids is 2. The third-order valence-corrected chi connectivity index (χ3v) is 7.66. The van der Waals surface area contributed by atoms with Gasteiger partial charge in [-0.15, -0.1) is 0 Å². The molecule has 0 aliphatic carbocycles. The first-order valence-electron chi connectivity index (χ1n) is 13.8. The summed E-state index contributed by atoms with van der Waals surface area (Å²) in [4.78, 5) is 25.3. The van der Waals surface area contributed by atoms with Crippen molar-refractivity contribution < 1.29 is 19.1 Å². The SMILES string of the molecule is CCOC(=O)COCc1ccc(C(CC)(CC)NC(=O)c2cnn3c2NC(c2ccccc2)CC3(C)C)cc1. The Morgan fingerprint density at radius 1 is 1.08 bits per heavy atom. The second-order valence-electron chi connectivity index (χ2n) is 10.7. The Morgan fingerprint density at radius 2 is 1.77 bits per heavy atom. The third kappa shape index (κ3) is 6.17. The van der Waals surface area contributed by atoms with Crippen molar-refractivity contribution in [2.45, 2.75) is 77.6 Å². The van der Waals surface area contributed by atoms with Gasteiger partial charge < -0.3 is 20.1 Å². The summed E-state index contributed by atoms with van der Waals surface area (Å²) in [7, 11) is 0. The number of aromatic nitrogens is 2. The van der Waals surface area contributed by atoms with Crippen molar-refractivity contribution in [1.29, 1.82) is 0 Å². The molecule has 0 saturated heterocycles. The zero-order valence-electron chi connectivity index (χ0n) is 23.6. The van der Waals surface area contributed by atoms with Crippen LogP contribution in [-0.4, -0.2) is 34.9 Å². The van der Waals surface area contributed by atoms with E-state index in [4.69, 9.17) is 9.47 Å². The van der Waals surface area contributed by atoms with E-state index in [1.807, 2.05) is 47.1 Å². The van der Waals surface area contributed by atoms with E-state index in [1.165, 1.54) is 5.56 Å². The summed E-state index contributed by atoms with van der Waals surface area (Å²) < 4.78 is 12.3. The topological polar surface area (TPSA) is 94.5 Å². The lowest BCUT2D eigenvalue weighted by Gasteiger charge is -2.38. The van der Waals surface area contributed by atoms with Crippen molar-refractivity contribution in [3.63, 3.8) is 0 Å². The van der Waals surface area contributed by atoms with E-state index >= 15 is 0 Å². The van der Waals surface area contributed by atoms with Crippen LogP contribution >= 0.6 is 0 Å². The highest BCUT2D eigenvalue weighted by Gasteiger charge is 2.38. The number of carbonyl (C=O) groups is 2. The molecule has 1 aliphatic heterocycles. The molecule has 2 N–H and O–H groups in total. The minimum atomic E-state index is -0.542. The van der Waals surface area contributed by atoms with E-state index in [1.54, 1.807) is 13.1 Å². The van der Waals surface area contributed by atoms with E-state index in [2.05, 4.69) is 55.6 Å². The summed E-state index contributed by atoms with van der Waals surface area (Å²) in [5, 5.41) is 11.6. The zero-order valence-corrected chi connectivity index (χ0v) is 23.6. The molecule has 0 saturated carbocycles. The molecule has 4 rings (SSSR count). The Labute approximate surface area is 231 Å². The average Bonchev–Trinajstić information content (AvgIpc) is 3.38. The van der Waals surface area contributed by atoms with E-state index in [0.29, 0.717) is 18.8 Å². The number of hydrogen-bond donors (Lipinski definition) is 2. The maximum Gasteiger partial charge on any atom is 0.332 e. The number of esters is 1. The Hall–Kier alpha value is -3.65.